The van der Waals surface area contributed by atoms with E-state index in [1.807, 2.05) is 4.90 Å². The van der Waals surface area contributed by atoms with Crippen LogP contribution in [0.15, 0.2) is 24.3 Å². The normalized spacial score (nSPS) is 24.8. The number of fused-ring (bicyclic) bond motifs is 1. The Bertz CT molecular complexity index is 743. The third-order valence-electron chi connectivity index (χ3n) is 6.38. The molecular formula is C22H28N2O4. The van der Waals surface area contributed by atoms with Gasteiger partial charge in [0.1, 0.15) is 0 Å². The van der Waals surface area contributed by atoms with Crippen LogP contribution < -0.4 is 4.90 Å². The van der Waals surface area contributed by atoms with E-state index in [9.17, 15) is 14.4 Å². The summed E-state index contributed by atoms with van der Waals surface area (Å²) in [6.45, 7) is 1.29. The van der Waals surface area contributed by atoms with Gasteiger partial charge in [0.25, 0.3) is 5.91 Å². The number of carbonyl (C=O) groups is 3. The van der Waals surface area contributed by atoms with Gasteiger partial charge in [-0.25, -0.2) is 4.79 Å². The van der Waals surface area contributed by atoms with E-state index in [-0.39, 0.29) is 18.4 Å². The first-order chi connectivity index (χ1) is 13.6. The van der Waals surface area contributed by atoms with Crippen LogP contribution in [0.5, 0.6) is 0 Å². The topological polar surface area (TPSA) is 66.9 Å². The highest BCUT2D eigenvalue weighted by molar-refractivity contribution is 5.96. The molecule has 0 bridgehead atoms. The van der Waals surface area contributed by atoms with Gasteiger partial charge in [0, 0.05) is 31.2 Å². The Balaban J connectivity index is 1.32. The van der Waals surface area contributed by atoms with Crippen molar-refractivity contribution in [3.63, 3.8) is 0 Å². The summed E-state index contributed by atoms with van der Waals surface area (Å²) in [6.07, 6.45) is 8.40. The number of nitrogens with zero attached hydrogens (tertiary/aromatic N) is 2. The van der Waals surface area contributed by atoms with Gasteiger partial charge in [-0.3, -0.25) is 9.59 Å². The van der Waals surface area contributed by atoms with Gasteiger partial charge in [-0.1, -0.05) is 12.8 Å². The average Bonchev–Trinajstić information content (AvgIpc) is 3.17. The number of hydrogen-bond acceptors (Lipinski definition) is 4. The van der Waals surface area contributed by atoms with Crippen molar-refractivity contribution >= 4 is 23.5 Å². The summed E-state index contributed by atoms with van der Waals surface area (Å²) in [6, 6.07) is 7.17. The molecule has 0 radical (unpaired) electrons. The fraction of sp³-hybridized carbons (Fsp3) is 0.591. The minimum atomic E-state index is -0.496. The molecule has 6 heteroatoms. The molecule has 2 aliphatic heterocycles. The third-order valence-corrected chi connectivity index (χ3v) is 6.38. The molecule has 0 spiro atoms. The Labute approximate surface area is 165 Å². The molecule has 0 N–H and O–H groups in total. The van der Waals surface area contributed by atoms with E-state index >= 15 is 0 Å². The van der Waals surface area contributed by atoms with Crippen molar-refractivity contribution in [2.75, 3.05) is 24.6 Å². The second-order valence-electron chi connectivity index (χ2n) is 8.11. The number of anilines is 1. The van der Waals surface area contributed by atoms with Crippen molar-refractivity contribution in [2.24, 2.45) is 5.92 Å². The highest BCUT2D eigenvalue weighted by atomic mass is 16.5. The fourth-order valence-corrected chi connectivity index (χ4v) is 4.93. The monoisotopic (exact) mass is 384 g/mol. The Morgan fingerprint density at radius 3 is 2.46 bits per heavy atom. The minimum absolute atomic E-state index is 0.0794. The van der Waals surface area contributed by atoms with Gasteiger partial charge >= 0.3 is 5.97 Å². The van der Waals surface area contributed by atoms with Crippen molar-refractivity contribution in [2.45, 2.75) is 57.4 Å². The summed E-state index contributed by atoms with van der Waals surface area (Å²) >= 11 is 0. The molecule has 1 saturated carbocycles. The van der Waals surface area contributed by atoms with Gasteiger partial charge in [0.2, 0.25) is 5.91 Å². The van der Waals surface area contributed by atoms with Crippen molar-refractivity contribution < 1.29 is 19.1 Å². The van der Waals surface area contributed by atoms with Gasteiger partial charge in [0.05, 0.1) is 5.56 Å². The van der Waals surface area contributed by atoms with Crippen LogP contribution in [0, 0.1) is 5.92 Å². The first-order valence-corrected chi connectivity index (χ1v) is 10.5. The van der Waals surface area contributed by atoms with E-state index in [4.69, 9.17) is 4.74 Å². The standard InChI is InChI=1S/C22H28N2O4/c25-20-8-4-13-23(20)18-11-9-17(10-12-18)22(27)28-15-21(26)24-14-3-6-16-5-1-2-7-19(16)24/h9-12,16,19H,1-8,13-15H2/t16-,19-/m1/s1. The van der Waals surface area contributed by atoms with E-state index in [1.54, 1.807) is 29.2 Å². The van der Waals surface area contributed by atoms with Crippen LogP contribution in [0.4, 0.5) is 5.69 Å². The lowest BCUT2D eigenvalue weighted by molar-refractivity contribution is -0.140. The second-order valence-corrected chi connectivity index (χ2v) is 8.11. The minimum Gasteiger partial charge on any atom is -0.452 e. The molecule has 0 aromatic heterocycles. The summed E-state index contributed by atoms with van der Waals surface area (Å²) in [5, 5.41) is 0. The Kier molecular flexibility index (Phi) is 5.64. The van der Waals surface area contributed by atoms with Crippen LogP contribution in [0.1, 0.15) is 61.7 Å². The van der Waals surface area contributed by atoms with Crippen LogP contribution in [0.3, 0.4) is 0 Å². The Hall–Kier alpha value is -2.37. The maximum absolute atomic E-state index is 12.7. The van der Waals surface area contributed by atoms with Gasteiger partial charge in [-0.15, -0.1) is 0 Å². The summed E-state index contributed by atoms with van der Waals surface area (Å²) < 4.78 is 5.30. The maximum atomic E-state index is 12.7. The lowest BCUT2D eigenvalue weighted by Crippen LogP contribution is -2.50. The number of piperidine rings is 1. The van der Waals surface area contributed by atoms with Crippen molar-refractivity contribution in [1.82, 2.24) is 4.90 Å². The average molecular weight is 384 g/mol. The number of benzene rings is 1. The fourth-order valence-electron chi connectivity index (χ4n) is 4.93. The zero-order valence-corrected chi connectivity index (χ0v) is 16.3. The van der Waals surface area contributed by atoms with Crippen molar-refractivity contribution in [3.05, 3.63) is 29.8 Å². The number of rotatable bonds is 4. The van der Waals surface area contributed by atoms with Gasteiger partial charge in [-0.05, 0) is 62.3 Å². The first kappa shape index (κ1) is 19.0. The highest BCUT2D eigenvalue weighted by Crippen LogP contribution is 2.35. The molecule has 1 aromatic rings. The molecular weight excluding hydrogens is 356 g/mol. The lowest BCUT2D eigenvalue weighted by atomic mass is 9.78. The predicted molar refractivity (Wildman–Crippen MR) is 105 cm³/mol. The van der Waals surface area contributed by atoms with E-state index in [0.717, 1.165) is 38.0 Å². The summed E-state index contributed by atoms with van der Waals surface area (Å²) in [4.78, 5) is 40.5. The molecule has 1 aromatic carbocycles. The Morgan fingerprint density at radius 2 is 1.71 bits per heavy atom. The van der Waals surface area contributed by atoms with Crippen LogP contribution in [-0.4, -0.2) is 48.4 Å². The van der Waals surface area contributed by atoms with E-state index < -0.39 is 5.97 Å². The summed E-state index contributed by atoms with van der Waals surface area (Å²) in [7, 11) is 0. The second kappa shape index (κ2) is 8.33. The van der Waals surface area contributed by atoms with Crippen LogP contribution in [0.2, 0.25) is 0 Å². The van der Waals surface area contributed by atoms with Crippen molar-refractivity contribution in [3.8, 4) is 0 Å². The van der Waals surface area contributed by atoms with Crippen LogP contribution >= 0.6 is 0 Å². The molecule has 3 fully saturated rings. The molecule has 6 nitrogen and oxygen atoms in total. The zero-order chi connectivity index (χ0) is 19.5. The smallest absolute Gasteiger partial charge is 0.338 e. The number of amides is 2. The number of ether oxygens (including phenoxy) is 1. The van der Waals surface area contributed by atoms with Crippen LogP contribution in [-0.2, 0) is 14.3 Å². The SMILES string of the molecule is O=C(OCC(=O)N1CCC[C@H]2CCCC[C@H]21)c1ccc(N2CCCC2=O)cc1. The van der Waals surface area contributed by atoms with E-state index in [2.05, 4.69) is 0 Å². The molecule has 1 aliphatic carbocycles. The highest BCUT2D eigenvalue weighted by Gasteiger charge is 2.35. The Morgan fingerprint density at radius 1 is 0.964 bits per heavy atom. The summed E-state index contributed by atoms with van der Waals surface area (Å²) in [5.74, 6) is 0.153. The largest absolute Gasteiger partial charge is 0.452 e. The third kappa shape index (κ3) is 3.91. The number of likely N-dealkylation sites (tertiary alicyclic amines) is 1. The quantitative estimate of drug-likeness (QED) is 0.748. The summed E-state index contributed by atoms with van der Waals surface area (Å²) in [5.41, 5.74) is 1.20. The zero-order valence-electron chi connectivity index (χ0n) is 16.3. The van der Waals surface area contributed by atoms with Gasteiger partial charge in [-0.2, -0.15) is 0 Å². The molecule has 2 amide bonds. The number of carbonyl (C=O) groups excluding carboxylic acids is 3. The molecule has 28 heavy (non-hydrogen) atoms. The number of hydrogen-bond donors (Lipinski definition) is 0. The molecule has 150 valence electrons. The molecule has 2 atom stereocenters. The molecule has 0 unspecified atom stereocenters. The predicted octanol–water partition coefficient (Wildman–Crippen LogP) is 3.15. The van der Waals surface area contributed by atoms with Gasteiger partial charge < -0.3 is 14.5 Å². The van der Waals surface area contributed by atoms with Crippen LogP contribution in [0.25, 0.3) is 0 Å². The van der Waals surface area contributed by atoms with Gasteiger partial charge in [0.15, 0.2) is 6.61 Å². The lowest BCUT2D eigenvalue weighted by Gasteiger charge is -2.44. The van der Waals surface area contributed by atoms with E-state index in [1.165, 1.54) is 25.7 Å². The van der Waals surface area contributed by atoms with Crippen molar-refractivity contribution in [1.29, 1.82) is 0 Å². The molecule has 2 heterocycles. The molecule has 3 aliphatic rings. The van der Waals surface area contributed by atoms with E-state index in [0.29, 0.717) is 23.9 Å². The maximum Gasteiger partial charge on any atom is 0.338 e. The number of esters is 1. The first-order valence-electron chi connectivity index (χ1n) is 10.5. The molecule has 2 saturated heterocycles. The molecule has 4 rings (SSSR count).